The molecule has 1 aliphatic rings. The second-order valence-electron chi connectivity index (χ2n) is 6.35. The maximum Gasteiger partial charge on any atom is 0.326 e. The summed E-state index contributed by atoms with van der Waals surface area (Å²) in [6.45, 7) is 4.84. The minimum absolute atomic E-state index is 0.156. The van der Waals surface area contributed by atoms with E-state index in [0.29, 0.717) is 11.3 Å². The van der Waals surface area contributed by atoms with Gasteiger partial charge in [-0.25, -0.2) is 0 Å². The molecular weight excluding hydrogens is 386 g/mol. The van der Waals surface area contributed by atoms with Crippen molar-refractivity contribution in [2.75, 3.05) is 20.3 Å². The van der Waals surface area contributed by atoms with Gasteiger partial charge in [0.15, 0.2) is 11.5 Å². The summed E-state index contributed by atoms with van der Waals surface area (Å²) < 4.78 is 15.2. The van der Waals surface area contributed by atoms with E-state index in [1.54, 1.807) is 12.1 Å². The Hall–Kier alpha value is -2.81. The molecule has 0 unspecified atom stereocenters. The van der Waals surface area contributed by atoms with Gasteiger partial charge in [0.2, 0.25) is 0 Å². The molecule has 1 fully saturated rings. The van der Waals surface area contributed by atoms with Crippen molar-refractivity contribution >= 4 is 40.9 Å². The Morgan fingerprint density at radius 2 is 1.93 bits per heavy atom. The topological polar surface area (TPSA) is 99.2 Å². The number of amides is 2. The van der Waals surface area contributed by atoms with Gasteiger partial charge in [-0.3, -0.25) is 24.1 Å². The molecule has 1 heterocycles. The van der Waals surface area contributed by atoms with Gasteiger partial charge in [-0.15, -0.1) is 0 Å². The lowest BCUT2D eigenvalue weighted by Gasteiger charge is -2.12. The van der Waals surface area contributed by atoms with E-state index in [4.69, 9.17) is 14.2 Å². The molecule has 0 aliphatic carbocycles. The lowest BCUT2D eigenvalue weighted by atomic mass is 10.2. The average Bonchev–Trinajstić information content (AvgIpc) is 2.88. The van der Waals surface area contributed by atoms with Crippen molar-refractivity contribution in [2.45, 2.75) is 20.8 Å². The number of ether oxygens (including phenoxy) is 3. The first-order chi connectivity index (χ1) is 13.2. The zero-order valence-corrected chi connectivity index (χ0v) is 16.8. The maximum atomic E-state index is 12.5. The number of esters is 2. The van der Waals surface area contributed by atoms with Gasteiger partial charge in [0.05, 0.1) is 18.6 Å². The fourth-order valence-corrected chi connectivity index (χ4v) is 3.07. The smallest absolute Gasteiger partial charge is 0.326 e. The molecule has 0 saturated carbocycles. The molecule has 0 spiro atoms. The highest BCUT2D eigenvalue weighted by Crippen LogP contribution is 2.34. The molecule has 1 saturated heterocycles. The van der Waals surface area contributed by atoms with Gasteiger partial charge >= 0.3 is 11.9 Å². The van der Waals surface area contributed by atoms with E-state index >= 15 is 0 Å². The van der Waals surface area contributed by atoms with Gasteiger partial charge < -0.3 is 14.2 Å². The maximum absolute atomic E-state index is 12.5. The number of thioether (sulfide) groups is 1. The standard InChI is InChI=1S/C19H21NO7S/c1-11(2)10-26-17(22)9-20-18(23)16(28-19(20)24)8-13-5-6-14(27-12(3)21)15(7-13)25-4/h5-8,11H,9-10H2,1-4H3/b16-8-. The van der Waals surface area contributed by atoms with Crippen LogP contribution in [-0.2, 0) is 19.1 Å². The molecular formula is C19H21NO7S. The predicted octanol–water partition coefficient (Wildman–Crippen LogP) is 2.86. The van der Waals surface area contributed by atoms with E-state index in [9.17, 15) is 19.2 Å². The van der Waals surface area contributed by atoms with Crippen LogP contribution in [0.25, 0.3) is 6.08 Å². The van der Waals surface area contributed by atoms with E-state index in [-0.39, 0.29) is 23.2 Å². The van der Waals surface area contributed by atoms with E-state index in [0.717, 1.165) is 16.7 Å². The Kier molecular flexibility index (Phi) is 7.22. The first-order valence-corrected chi connectivity index (χ1v) is 9.30. The highest BCUT2D eigenvalue weighted by molar-refractivity contribution is 8.18. The van der Waals surface area contributed by atoms with Crippen LogP contribution in [0.3, 0.4) is 0 Å². The molecule has 0 atom stereocenters. The molecule has 0 radical (unpaired) electrons. The first kappa shape index (κ1) is 21.5. The largest absolute Gasteiger partial charge is 0.493 e. The Bertz CT molecular complexity index is 832. The Labute approximate surface area is 166 Å². The highest BCUT2D eigenvalue weighted by atomic mass is 32.2. The van der Waals surface area contributed by atoms with Gasteiger partial charge in [0, 0.05) is 6.92 Å². The minimum Gasteiger partial charge on any atom is -0.493 e. The van der Waals surface area contributed by atoms with Crippen LogP contribution < -0.4 is 9.47 Å². The molecule has 2 rings (SSSR count). The van der Waals surface area contributed by atoms with Crippen LogP contribution in [0.2, 0.25) is 0 Å². The van der Waals surface area contributed by atoms with Crippen LogP contribution in [0.5, 0.6) is 11.5 Å². The van der Waals surface area contributed by atoms with Crippen molar-refractivity contribution in [1.82, 2.24) is 4.90 Å². The van der Waals surface area contributed by atoms with Crippen molar-refractivity contribution in [2.24, 2.45) is 5.92 Å². The van der Waals surface area contributed by atoms with Crippen LogP contribution in [0.15, 0.2) is 23.1 Å². The molecule has 1 aromatic rings. The highest BCUT2D eigenvalue weighted by Gasteiger charge is 2.36. The molecule has 28 heavy (non-hydrogen) atoms. The lowest BCUT2D eigenvalue weighted by Crippen LogP contribution is -2.34. The number of carbonyl (C=O) groups is 4. The summed E-state index contributed by atoms with van der Waals surface area (Å²) in [5.41, 5.74) is 0.570. The summed E-state index contributed by atoms with van der Waals surface area (Å²) >= 11 is 0.736. The quantitative estimate of drug-likeness (QED) is 0.386. The van der Waals surface area contributed by atoms with E-state index in [1.807, 2.05) is 13.8 Å². The summed E-state index contributed by atoms with van der Waals surface area (Å²) in [5, 5.41) is -0.541. The summed E-state index contributed by atoms with van der Waals surface area (Å²) in [6.07, 6.45) is 1.50. The molecule has 2 amide bonds. The summed E-state index contributed by atoms with van der Waals surface area (Å²) in [4.78, 5) is 48.5. The van der Waals surface area contributed by atoms with Crippen molar-refractivity contribution in [3.8, 4) is 11.5 Å². The van der Waals surface area contributed by atoms with Crippen LogP contribution in [0, 0.1) is 5.92 Å². The van der Waals surface area contributed by atoms with Gasteiger partial charge in [-0.1, -0.05) is 19.9 Å². The normalized spacial score (nSPS) is 15.3. The van der Waals surface area contributed by atoms with Crippen LogP contribution in [0.4, 0.5) is 4.79 Å². The number of nitrogens with zero attached hydrogens (tertiary/aromatic N) is 1. The van der Waals surface area contributed by atoms with Gasteiger partial charge in [0.1, 0.15) is 6.54 Å². The van der Waals surface area contributed by atoms with Crippen molar-refractivity contribution in [3.63, 3.8) is 0 Å². The summed E-state index contributed by atoms with van der Waals surface area (Å²) in [6, 6.07) is 4.72. The molecule has 8 nitrogen and oxygen atoms in total. The predicted molar refractivity (Wildman–Crippen MR) is 103 cm³/mol. The fourth-order valence-electron chi connectivity index (χ4n) is 2.24. The first-order valence-electron chi connectivity index (χ1n) is 8.48. The Balaban J connectivity index is 2.14. The van der Waals surface area contributed by atoms with Crippen molar-refractivity contribution < 1.29 is 33.4 Å². The monoisotopic (exact) mass is 407 g/mol. The van der Waals surface area contributed by atoms with Crippen LogP contribution in [-0.4, -0.2) is 48.2 Å². The molecule has 1 aromatic carbocycles. The number of benzene rings is 1. The molecule has 1 aliphatic heterocycles. The average molecular weight is 407 g/mol. The number of hydrogen-bond donors (Lipinski definition) is 0. The second-order valence-corrected chi connectivity index (χ2v) is 7.34. The van der Waals surface area contributed by atoms with Gasteiger partial charge in [0.25, 0.3) is 11.1 Å². The molecule has 150 valence electrons. The molecule has 0 N–H and O–H groups in total. The SMILES string of the molecule is COc1cc(/C=C2\SC(=O)N(CC(=O)OCC(C)C)C2=O)ccc1OC(C)=O. The van der Waals surface area contributed by atoms with Gasteiger partial charge in [-0.2, -0.15) is 0 Å². The Morgan fingerprint density at radius 3 is 2.54 bits per heavy atom. The van der Waals surface area contributed by atoms with Gasteiger partial charge in [-0.05, 0) is 41.5 Å². The summed E-state index contributed by atoms with van der Waals surface area (Å²) in [7, 11) is 1.42. The van der Waals surface area contributed by atoms with Crippen LogP contribution >= 0.6 is 11.8 Å². The molecule has 0 bridgehead atoms. The zero-order valence-electron chi connectivity index (χ0n) is 16.0. The fraction of sp³-hybridized carbons (Fsp3) is 0.368. The number of imide groups is 1. The number of carbonyl (C=O) groups excluding carboxylic acids is 4. The third kappa shape index (κ3) is 5.59. The molecule has 9 heteroatoms. The third-order valence-corrected chi connectivity index (χ3v) is 4.38. The van der Waals surface area contributed by atoms with E-state index < -0.39 is 29.6 Å². The van der Waals surface area contributed by atoms with Crippen LogP contribution in [0.1, 0.15) is 26.3 Å². The minimum atomic E-state index is -0.635. The van der Waals surface area contributed by atoms with E-state index in [1.165, 1.54) is 26.2 Å². The number of rotatable bonds is 7. The number of methoxy groups -OCH3 is 1. The van der Waals surface area contributed by atoms with E-state index in [2.05, 4.69) is 0 Å². The second kappa shape index (κ2) is 9.41. The third-order valence-electron chi connectivity index (χ3n) is 3.48. The van der Waals surface area contributed by atoms with Crippen molar-refractivity contribution in [3.05, 3.63) is 28.7 Å². The lowest BCUT2D eigenvalue weighted by molar-refractivity contribution is -0.147. The summed E-state index contributed by atoms with van der Waals surface area (Å²) in [5.74, 6) is -0.988. The zero-order chi connectivity index (χ0) is 20.8. The molecule has 0 aromatic heterocycles. The van der Waals surface area contributed by atoms with Crippen molar-refractivity contribution in [1.29, 1.82) is 0 Å². The number of hydrogen-bond acceptors (Lipinski definition) is 8. The Morgan fingerprint density at radius 1 is 1.21 bits per heavy atom.